The number of amides is 2. The van der Waals surface area contributed by atoms with E-state index < -0.39 is 5.82 Å². The van der Waals surface area contributed by atoms with Crippen molar-refractivity contribution in [3.8, 4) is 0 Å². The Hall–Kier alpha value is -2.80. The van der Waals surface area contributed by atoms with Crippen LogP contribution >= 0.6 is 0 Å². The van der Waals surface area contributed by atoms with Crippen molar-refractivity contribution >= 4 is 11.8 Å². The summed E-state index contributed by atoms with van der Waals surface area (Å²) in [5, 5.41) is 3.00. The molecular formula is C21H22FN3O3. The van der Waals surface area contributed by atoms with Gasteiger partial charge in [-0.25, -0.2) is 4.39 Å². The summed E-state index contributed by atoms with van der Waals surface area (Å²) >= 11 is 0. The fourth-order valence-electron chi connectivity index (χ4n) is 3.79. The smallest absolute Gasteiger partial charge is 0.257 e. The number of hydrogen-bond donors (Lipinski definition) is 1. The fourth-order valence-corrected chi connectivity index (χ4v) is 3.79. The second-order valence-corrected chi connectivity index (χ2v) is 7.22. The summed E-state index contributed by atoms with van der Waals surface area (Å²) in [6, 6.07) is 6.95. The summed E-state index contributed by atoms with van der Waals surface area (Å²) < 4.78 is 19.2. The standard InChI is InChI=1S/C21H22FN3O3/c22-19-11-23-7-4-18(19)21(27)25-8-5-16-15(12-25)2-1-3-17(16)20(26)24-10-14-6-9-28-13-14/h1-4,7,11,14H,5-6,8-10,12-13H2,(H,24,26). The molecule has 1 aromatic heterocycles. The van der Waals surface area contributed by atoms with Crippen molar-refractivity contribution in [1.29, 1.82) is 0 Å². The molecule has 2 aliphatic rings. The van der Waals surface area contributed by atoms with Gasteiger partial charge >= 0.3 is 0 Å². The summed E-state index contributed by atoms with van der Waals surface area (Å²) in [4.78, 5) is 30.6. The minimum Gasteiger partial charge on any atom is -0.381 e. The fraction of sp³-hybridized carbons (Fsp3) is 0.381. The summed E-state index contributed by atoms with van der Waals surface area (Å²) in [6.45, 7) is 2.84. The van der Waals surface area contributed by atoms with Gasteiger partial charge in [0.2, 0.25) is 0 Å². The molecule has 6 nitrogen and oxygen atoms in total. The Morgan fingerprint density at radius 3 is 2.96 bits per heavy atom. The van der Waals surface area contributed by atoms with Crippen LogP contribution in [0.3, 0.4) is 0 Å². The van der Waals surface area contributed by atoms with Gasteiger partial charge in [-0.3, -0.25) is 14.6 Å². The number of aromatic nitrogens is 1. The van der Waals surface area contributed by atoms with Crippen LogP contribution in [-0.2, 0) is 17.7 Å². The second kappa shape index (κ2) is 8.06. The highest BCUT2D eigenvalue weighted by Gasteiger charge is 2.26. The average Bonchev–Trinajstić information content (AvgIpc) is 3.24. The Morgan fingerprint density at radius 1 is 1.29 bits per heavy atom. The zero-order valence-corrected chi connectivity index (χ0v) is 15.5. The van der Waals surface area contributed by atoms with Crippen LogP contribution in [0.25, 0.3) is 0 Å². The summed E-state index contributed by atoms with van der Waals surface area (Å²) in [5.74, 6) is -0.709. The molecule has 0 radical (unpaired) electrons. The molecule has 0 saturated carbocycles. The number of pyridine rings is 1. The maximum Gasteiger partial charge on any atom is 0.257 e. The van der Waals surface area contributed by atoms with Gasteiger partial charge in [-0.05, 0) is 36.1 Å². The first-order valence-electron chi connectivity index (χ1n) is 9.49. The predicted octanol–water partition coefficient (Wildman–Crippen LogP) is 2.19. The zero-order valence-electron chi connectivity index (χ0n) is 15.5. The minimum absolute atomic E-state index is 0.0196. The Bertz CT molecular complexity index is 896. The average molecular weight is 383 g/mol. The second-order valence-electron chi connectivity index (χ2n) is 7.22. The number of benzene rings is 1. The first-order valence-corrected chi connectivity index (χ1v) is 9.49. The van der Waals surface area contributed by atoms with Crippen molar-refractivity contribution in [3.63, 3.8) is 0 Å². The van der Waals surface area contributed by atoms with Crippen molar-refractivity contribution in [3.05, 3.63) is 64.7 Å². The molecule has 1 aromatic carbocycles. The predicted molar refractivity (Wildman–Crippen MR) is 100 cm³/mol. The highest BCUT2D eigenvalue weighted by atomic mass is 19.1. The maximum absolute atomic E-state index is 13.9. The van der Waals surface area contributed by atoms with E-state index in [1.54, 1.807) is 4.90 Å². The monoisotopic (exact) mass is 383 g/mol. The molecule has 146 valence electrons. The quantitative estimate of drug-likeness (QED) is 0.879. The lowest BCUT2D eigenvalue weighted by Crippen LogP contribution is -2.38. The topological polar surface area (TPSA) is 71.5 Å². The number of fused-ring (bicyclic) bond motifs is 1. The SMILES string of the molecule is O=C(NCC1CCOC1)c1cccc2c1CCN(C(=O)c1ccncc1F)C2. The first-order chi connectivity index (χ1) is 13.6. The highest BCUT2D eigenvalue weighted by Crippen LogP contribution is 2.24. The molecule has 28 heavy (non-hydrogen) atoms. The molecule has 2 aromatic rings. The Labute approximate surface area is 162 Å². The van der Waals surface area contributed by atoms with Crippen LogP contribution in [-0.4, -0.2) is 48.0 Å². The van der Waals surface area contributed by atoms with Gasteiger partial charge in [0, 0.05) is 43.9 Å². The van der Waals surface area contributed by atoms with Crippen molar-refractivity contribution in [2.45, 2.75) is 19.4 Å². The largest absolute Gasteiger partial charge is 0.381 e. The molecule has 1 saturated heterocycles. The molecule has 1 unspecified atom stereocenters. The van der Waals surface area contributed by atoms with Gasteiger partial charge in [0.25, 0.3) is 11.8 Å². The molecule has 3 heterocycles. The van der Waals surface area contributed by atoms with Crippen LogP contribution in [0.4, 0.5) is 4.39 Å². The summed E-state index contributed by atoms with van der Waals surface area (Å²) in [5.41, 5.74) is 2.55. The van der Waals surface area contributed by atoms with Crippen LogP contribution in [0.15, 0.2) is 36.7 Å². The van der Waals surface area contributed by atoms with E-state index in [9.17, 15) is 14.0 Å². The van der Waals surface area contributed by atoms with Crippen molar-refractivity contribution in [2.24, 2.45) is 5.92 Å². The maximum atomic E-state index is 13.9. The van der Waals surface area contributed by atoms with E-state index in [4.69, 9.17) is 4.74 Å². The van der Waals surface area contributed by atoms with Crippen molar-refractivity contribution in [1.82, 2.24) is 15.2 Å². The molecule has 0 spiro atoms. The van der Waals surface area contributed by atoms with Gasteiger partial charge < -0.3 is 15.0 Å². The van der Waals surface area contributed by atoms with E-state index >= 15 is 0 Å². The number of nitrogens with zero attached hydrogens (tertiary/aromatic N) is 2. The van der Waals surface area contributed by atoms with Crippen molar-refractivity contribution < 1.29 is 18.7 Å². The van der Waals surface area contributed by atoms with E-state index in [0.717, 1.165) is 30.4 Å². The molecule has 4 rings (SSSR count). The molecule has 1 fully saturated rings. The molecule has 0 aliphatic carbocycles. The van der Waals surface area contributed by atoms with E-state index in [-0.39, 0.29) is 17.4 Å². The first kappa shape index (κ1) is 18.6. The lowest BCUT2D eigenvalue weighted by atomic mass is 9.93. The van der Waals surface area contributed by atoms with Gasteiger partial charge in [0.1, 0.15) is 0 Å². The van der Waals surface area contributed by atoms with E-state index in [1.807, 2.05) is 18.2 Å². The third-order valence-corrected chi connectivity index (χ3v) is 5.38. The number of hydrogen-bond acceptors (Lipinski definition) is 4. The lowest BCUT2D eigenvalue weighted by molar-refractivity contribution is 0.0729. The molecule has 7 heteroatoms. The van der Waals surface area contributed by atoms with Crippen molar-refractivity contribution in [2.75, 3.05) is 26.3 Å². The van der Waals surface area contributed by atoms with Crippen LogP contribution in [0.5, 0.6) is 0 Å². The third-order valence-electron chi connectivity index (χ3n) is 5.38. The highest BCUT2D eigenvalue weighted by molar-refractivity contribution is 5.97. The van der Waals surface area contributed by atoms with Crippen LogP contribution < -0.4 is 5.32 Å². The van der Waals surface area contributed by atoms with E-state index in [1.165, 1.54) is 12.3 Å². The number of carbonyl (C=O) groups is 2. The van der Waals surface area contributed by atoms with Crippen LogP contribution in [0.2, 0.25) is 0 Å². The van der Waals surface area contributed by atoms with Gasteiger partial charge in [-0.1, -0.05) is 12.1 Å². The summed E-state index contributed by atoms with van der Waals surface area (Å²) in [7, 11) is 0. The minimum atomic E-state index is -0.623. The molecule has 1 atom stereocenters. The molecular weight excluding hydrogens is 361 g/mol. The lowest BCUT2D eigenvalue weighted by Gasteiger charge is -2.30. The van der Waals surface area contributed by atoms with Gasteiger partial charge in [0.05, 0.1) is 18.4 Å². The van der Waals surface area contributed by atoms with Crippen LogP contribution in [0.1, 0.15) is 38.3 Å². The molecule has 1 N–H and O–H groups in total. The number of ether oxygens (including phenoxy) is 1. The third kappa shape index (κ3) is 3.75. The number of rotatable bonds is 4. The van der Waals surface area contributed by atoms with Gasteiger partial charge in [-0.2, -0.15) is 0 Å². The number of halogens is 1. The van der Waals surface area contributed by atoms with Gasteiger partial charge in [0.15, 0.2) is 5.82 Å². The number of nitrogens with one attached hydrogen (secondary N) is 1. The summed E-state index contributed by atoms with van der Waals surface area (Å²) in [6.07, 6.45) is 3.98. The van der Waals surface area contributed by atoms with E-state index in [0.29, 0.717) is 44.1 Å². The van der Waals surface area contributed by atoms with Crippen LogP contribution in [0, 0.1) is 11.7 Å². The van der Waals surface area contributed by atoms with Gasteiger partial charge in [-0.15, -0.1) is 0 Å². The Morgan fingerprint density at radius 2 is 2.18 bits per heavy atom. The Balaban J connectivity index is 1.47. The normalized spacial score (nSPS) is 18.6. The zero-order chi connectivity index (χ0) is 19.5. The number of carbonyl (C=O) groups excluding carboxylic acids is 2. The van der Waals surface area contributed by atoms with E-state index in [2.05, 4.69) is 10.3 Å². The molecule has 0 bridgehead atoms. The Kier molecular flexibility index (Phi) is 5.34. The molecule has 2 amide bonds. The molecule has 2 aliphatic heterocycles.